The molecule has 4 aromatic rings. The van der Waals surface area contributed by atoms with Gasteiger partial charge in [0.1, 0.15) is 11.5 Å². The second-order valence-electron chi connectivity index (χ2n) is 8.66. The number of fused-ring (bicyclic) bond motifs is 1. The van der Waals surface area contributed by atoms with Gasteiger partial charge < -0.3 is 19.7 Å². The molecule has 0 radical (unpaired) electrons. The molecule has 1 aliphatic rings. The first-order valence-corrected chi connectivity index (χ1v) is 12.5. The molecule has 1 N–H and O–H groups in total. The molecule has 0 aliphatic carbocycles. The van der Waals surface area contributed by atoms with E-state index in [-0.39, 0.29) is 11.8 Å². The summed E-state index contributed by atoms with van der Waals surface area (Å²) < 4.78 is 13.7. The number of methoxy groups -OCH3 is 2. The van der Waals surface area contributed by atoms with E-state index >= 15 is 0 Å². The topological polar surface area (TPSA) is 81.5 Å². The first-order valence-electron chi connectivity index (χ1n) is 11.7. The number of hydrogen-bond donors (Lipinski definition) is 1. The number of nitrogens with zero attached hydrogens (tertiary/aromatic N) is 4. The number of carbonyl (C=O) groups excluding carboxylic acids is 1. The Morgan fingerprint density at radius 3 is 2.77 bits per heavy atom. The van der Waals surface area contributed by atoms with Gasteiger partial charge in [0.2, 0.25) is 5.91 Å². The zero-order valence-corrected chi connectivity index (χ0v) is 21.0. The second-order valence-corrected chi connectivity index (χ2v) is 9.64. The number of aryl methyl sites for hydroxylation is 1. The van der Waals surface area contributed by atoms with Crippen LogP contribution in [0.25, 0.3) is 16.0 Å². The van der Waals surface area contributed by atoms with Crippen molar-refractivity contribution in [2.24, 2.45) is 5.92 Å². The highest BCUT2D eigenvalue weighted by atomic mass is 32.1. The molecule has 0 spiro atoms. The van der Waals surface area contributed by atoms with Gasteiger partial charge in [0.05, 0.1) is 36.2 Å². The van der Waals surface area contributed by atoms with Crippen molar-refractivity contribution in [2.75, 3.05) is 32.2 Å². The van der Waals surface area contributed by atoms with E-state index in [2.05, 4.69) is 10.2 Å². The molecule has 0 bridgehead atoms. The normalized spacial score (nSPS) is 15.9. The Balaban J connectivity index is 1.30. The average molecular weight is 492 g/mol. The molecule has 0 unspecified atom stereocenters. The van der Waals surface area contributed by atoms with E-state index in [0.29, 0.717) is 13.1 Å². The fraction of sp³-hybridized carbons (Fsp3) is 0.346. The number of aromatic nitrogens is 3. The van der Waals surface area contributed by atoms with Crippen molar-refractivity contribution in [3.8, 4) is 17.2 Å². The first-order chi connectivity index (χ1) is 17.1. The molecular formula is C26H29N5O3S. The lowest BCUT2D eigenvalue weighted by molar-refractivity contribution is -0.125. The van der Waals surface area contributed by atoms with Gasteiger partial charge in [-0.15, -0.1) is 0 Å². The van der Waals surface area contributed by atoms with Gasteiger partial charge in [0, 0.05) is 25.2 Å². The van der Waals surface area contributed by atoms with Gasteiger partial charge in [-0.1, -0.05) is 29.5 Å². The highest BCUT2D eigenvalue weighted by Crippen LogP contribution is 2.34. The summed E-state index contributed by atoms with van der Waals surface area (Å²) in [5.74, 6) is 1.42. The zero-order chi connectivity index (χ0) is 24.4. The molecule has 5 rings (SSSR count). The van der Waals surface area contributed by atoms with Gasteiger partial charge in [-0.2, -0.15) is 10.1 Å². The third-order valence-corrected chi connectivity index (χ3v) is 7.60. The van der Waals surface area contributed by atoms with E-state index in [4.69, 9.17) is 19.6 Å². The van der Waals surface area contributed by atoms with Gasteiger partial charge in [0.15, 0.2) is 10.8 Å². The summed E-state index contributed by atoms with van der Waals surface area (Å²) in [6, 6.07) is 15.7. The summed E-state index contributed by atoms with van der Waals surface area (Å²) in [5, 5.41) is 8.73. The van der Waals surface area contributed by atoms with Crippen LogP contribution in [0.4, 0.5) is 5.13 Å². The molecule has 35 heavy (non-hydrogen) atoms. The number of anilines is 1. The van der Waals surface area contributed by atoms with Crippen molar-refractivity contribution < 1.29 is 14.3 Å². The lowest BCUT2D eigenvalue weighted by atomic mass is 9.97. The Morgan fingerprint density at radius 2 is 2.00 bits per heavy atom. The van der Waals surface area contributed by atoms with Crippen LogP contribution in [0, 0.1) is 12.8 Å². The van der Waals surface area contributed by atoms with Crippen LogP contribution in [-0.4, -0.2) is 48.0 Å². The summed E-state index contributed by atoms with van der Waals surface area (Å²) in [6.07, 6.45) is 1.81. The monoisotopic (exact) mass is 491 g/mol. The molecule has 9 heteroatoms. The molecule has 1 saturated heterocycles. The van der Waals surface area contributed by atoms with Crippen LogP contribution < -0.4 is 19.7 Å². The molecule has 1 atom stereocenters. The maximum Gasteiger partial charge on any atom is 0.225 e. The number of carbonyl (C=O) groups is 1. The molecule has 1 amide bonds. The van der Waals surface area contributed by atoms with Crippen LogP contribution in [0.1, 0.15) is 24.1 Å². The number of amides is 1. The van der Waals surface area contributed by atoms with Crippen LogP contribution in [-0.2, 0) is 11.3 Å². The number of hydrogen-bond acceptors (Lipinski definition) is 7. The third-order valence-electron chi connectivity index (χ3n) is 6.38. The van der Waals surface area contributed by atoms with Crippen molar-refractivity contribution in [1.82, 2.24) is 20.1 Å². The molecular weight excluding hydrogens is 462 g/mol. The Kier molecular flexibility index (Phi) is 6.59. The number of para-hydroxylation sites is 1. The lowest BCUT2D eigenvalue weighted by Gasteiger charge is -2.31. The van der Waals surface area contributed by atoms with E-state index in [1.165, 1.54) is 0 Å². The highest BCUT2D eigenvalue weighted by molar-refractivity contribution is 7.22. The minimum atomic E-state index is -0.0981. The molecule has 8 nitrogen and oxygen atoms in total. The van der Waals surface area contributed by atoms with E-state index in [0.717, 1.165) is 63.3 Å². The zero-order valence-electron chi connectivity index (χ0n) is 20.2. The van der Waals surface area contributed by atoms with Crippen molar-refractivity contribution in [1.29, 1.82) is 0 Å². The summed E-state index contributed by atoms with van der Waals surface area (Å²) in [4.78, 5) is 20.3. The van der Waals surface area contributed by atoms with Crippen molar-refractivity contribution >= 4 is 32.7 Å². The fourth-order valence-electron chi connectivity index (χ4n) is 4.52. The Bertz CT molecular complexity index is 1330. The van der Waals surface area contributed by atoms with Gasteiger partial charge in [-0.3, -0.25) is 4.79 Å². The molecule has 1 aliphatic heterocycles. The van der Waals surface area contributed by atoms with Crippen LogP contribution >= 0.6 is 11.3 Å². The Hall–Kier alpha value is -3.59. The van der Waals surface area contributed by atoms with E-state index < -0.39 is 0 Å². The Morgan fingerprint density at radius 1 is 1.17 bits per heavy atom. The largest absolute Gasteiger partial charge is 0.497 e. The van der Waals surface area contributed by atoms with Gasteiger partial charge in [-0.25, -0.2) is 4.68 Å². The number of benzene rings is 2. The molecule has 2 aromatic heterocycles. The van der Waals surface area contributed by atoms with Crippen molar-refractivity contribution in [2.45, 2.75) is 26.3 Å². The average Bonchev–Trinajstić information content (AvgIpc) is 3.48. The molecule has 182 valence electrons. The van der Waals surface area contributed by atoms with E-state index in [1.807, 2.05) is 60.1 Å². The summed E-state index contributed by atoms with van der Waals surface area (Å²) in [7, 11) is 3.25. The number of piperidine rings is 1. The number of nitrogens with one attached hydrogen (secondary N) is 1. The van der Waals surface area contributed by atoms with Gasteiger partial charge >= 0.3 is 0 Å². The number of thiazole rings is 1. The third kappa shape index (κ3) is 4.68. The predicted octanol–water partition coefficient (Wildman–Crippen LogP) is 4.34. The van der Waals surface area contributed by atoms with Crippen molar-refractivity contribution in [3.05, 3.63) is 59.8 Å². The molecule has 2 aromatic carbocycles. The number of rotatable bonds is 7. The summed E-state index contributed by atoms with van der Waals surface area (Å²) in [5.41, 5.74) is 3.71. The summed E-state index contributed by atoms with van der Waals surface area (Å²) >= 11 is 1.65. The minimum Gasteiger partial charge on any atom is -0.497 e. The SMILES string of the molecule is COc1ccc(OC)c(CNC(=O)[C@H]2CCCN(c3nc4c(s3)c(C)nn4-c3ccccc3)C2)c1. The van der Waals surface area contributed by atoms with Crippen LogP contribution in [0.3, 0.4) is 0 Å². The van der Waals surface area contributed by atoms with E-state index in [1.54, 1.807) is 25.6 Å². The minimum absolute atomic E-state index is 0.0484. The maximum atomic E-state index is 13.1. The smallest absolute Gasteiger partial charge is 0.225 e. The van der Waals surface area contributed by atoms with Crippen LogP contribution in [0.5, 0.6) is 11.5 Å². The summed E-state index contributed by atoms with van der Waals surface area (Å²) in [6.45, 7) is 3.95. The van der Waals surface area contributed by atoms with Crippen molar-refractivity contribution in [3.63, 3.8) is 0 Å². The molecule has 3 heterocycles. The molecule has 1 fully saturated rings. The van der Waals surface area contributed by atoms with Crippen LogP contribution in [0.15, 0.2) is 48.5 Å². The quantitative estimate of drug-likeness (QED) is 0.414. The first kappa shape index (κ1) is 23.2. The standard InChI is InChI=1S/C26H29N5O3S/c1-17-23-24(31(29-17)20-9-5-4-6-10-20)28-26(35-23)30-13-7-8-18(16-30)25(32)27-15-19-14-21(33-2)11-12-22(19)34-3/h4-6,9-12,14,18H,7-8,13,15-16H2,1-3H3,(H,27,32)/t18-/m0/s1. The fourth-order valence-corrected chi connectivity index (χ4v) is 5.54. The number of ether oxygens (including phenoxy) is 2. The van der Waals surface area contributed by atoms with E-state index in [9.17, 15) is 4.79 Å². The van der Waals surface area contributed by atoms with Gasteiger partial charge in [0.25, 0.3) is 0 Å². The molecule has 0 saturated carbocycles. The maximum absolute atomic E-state index is 13.1. The van der Waals surface area contributed by atoms with Gasteiger partial charge in [-0.05, 0) is 50.1 Å². The van der Waals surface area contributed by atoms with Crippen LogP contribution in [0.2, 0.25) is 0 Å². The Labute approximate surface area is 208 Å². The lowest BCUT2D eigenvalue weighted by Crippen LogP contribution is -2.43. The predicted molar refractivity (Wildman–Crippen MR) is 138 cm³/mol. The highest BCUT2D eigenvalue weighted by Gasteiger charge is 2.28. The second kappa shape index (κ2) is 9.95.